The van der Waals surface area contributed by atoms with Crippen LogP contribution in [0.3, 0.4) is 0 Å². The fourth-order valence-electron chi connectivity index (χ4n) is 8.52. The number of rotatable bonds is 5. The van der Waals surface area contributed by atoms with Gasteiger partial charge in [0.25, 0.3) is 0 Å². The van der Waals surface area contributed by atoms with Gasteiger partial charge in [-0.1, -0.05) is 24.6 Å². The van der Waals surface area contributed by atoms with Crippen molar-refractivity contribution < 1.29 is 17.9 Å². The predicted octanol–water partition coefficient (Wildman–Crippen LogP) is 7.06. The SMILES string of the molecule is Cc1nc(-c2c(F)cc3c(N4CC5CC[C@@](C)(C5)C4)nc(OC[C@@]45CCCN4C[C@H](F)C5)nc3c2F)c2c(Cl)cccc2n1. The van der Waals surface area contributed by atoms with E-state index in [9.17, 15) is 4.39 Å². The second-order valence-electron chi connectivity index (χ2n) is 13.7. The molecular formula is C33H34ClF3N6O. The number of anilines is 1. The molecule has 0 spiro atoms. The second kappa shape index (κ2) is 10.1. The number of hydrogen-bond acceptors (Lipinski definition) is 7. The molecule has 0 amide bonds. The summed E-state index contributed by atoms with van der Waals surface area (Å²) in [5.74, 6) is -0.324. The first-order chi connectivity index (χ1) is 21.1. The molecule has 1 saturated carbocycles. The molecule has 4 fully saturated rings. The third-order valence-corrected chi connectivity index (χ3v) is 10.7. The van der Waals surface area contributed by atoms with Crippen molar-refractivity contribution in [2.45, 2.75) is 64.1 Å². The Morgan fingerprint density at radius 1 is 1.09 bits per heavy atom. The molecule has 4 aliphatic rings. The Morgan fingerprint density at radius 3 is 2.80 bits per heavy atom. The highest BCUT2D eigenvalue weighted by Crippen LogP contribution is 2.48. The van der Waals surface area contributed by atoms with Crippen LogP contribution in [-0.2, 0) is 0 Å². The number of alkyl halides is 1. The Hall–Kier alpha value is -3.24. The van der Waals surface area contributed by atoms with Gasteiger partial charge < -0.3 is 9.64 Å². The number of aryl methyl sites for hydroxylation is 1. The molecule has 2 bridgehead atoms. The van der Waals surface area contributed by atoms with Crippen molar-refractivity contribution >= 4 is 39.2 Å². The maximum absolute atomic E-state index is 16.8. The summed E-state index contributed by atoms with van der Waals surface area (Å²) in [5.41, 5.74) is -0.116. The van der Waals surface area contributed by atoms with E-state index in [0.29, 0.717) is 46.5 Å². The van der Waals surface area contributed by atoms with E-state index in [1.807, 2.05) is 0 Å². The highest BCUT2D eigenvalue weighted by atomic mass is 35.5. The van der Waals surface area contributed by atoms with Gasteiger partial charge in [0.2, 0.25) is 0 Å². The third-order valence-electron chi connectivity index (χ3n) is 10.4. The van der Waals surface area contributed by atoms with E-state index in [0.717, 1.165) is 51.7 Å². The third kappa shape index (κ3) is 4.50. The lowest BCUT2D eigenvalue weighted by molar-refractivity contribution is 0.107. The van der Waals surface area contributed by atoms with Crippen molar-refractivity contribution in [1.29, 1.82) is 0 Å². The van der Waals surface area contributed by atoms with E-state index in [1.54, 1.807) is 25.1 Å². The Bertz CT molecular complexity index is 1820. The molecule has 230 valence electrons. The predicted molar refractivity (Wildman–Crippen MR) is 164 cm³/mol. The molecule has 11 heteroatoms. The van der Waals surface area contributed by atoms with Gasteiger partial charge in [0.1, 0.15) is 35.8 Å². The van der Waals surface area contributed by atoms with Crippen LogP contribution < -0.4 is 9.64 Å². The number of hydrogen-bond donors (Lipinski definition) is 0. The van der Waals surface area contributed by atoms with Gasteiger partial charge in [0.15, 0.2) is 5.82 Å². The molecule has 1 aliphatic carbocycles. The Labute approximate surface area is 258 Å². The zero-order valence-corrected chi connectivity index (χ0v) is 25.6. The molecule has 8 rings (SSSR count). The van der Waals surface area contributed by atoms with Crippen LogP contribution in [0.4, 0.5) is 19.0 Å². The van der Waals surface area contributed by atoms with Gasteiger partial charge in [0, 0.05) is 36.8 Å². The van der Waals surface area contributed by atoms with Crippen LogP contribution in [0.1, 0.15) is 51.3 Å². The molecule has 44 heavy (non-hydrogen) atoms. The van der Waals surface area contributed by atoms with Crippen LogP contribution in [0.5, 0.6) is 6.01 Å². The van der Waals surface area contributed by atoms with Crippen LogP contribution >= 0.6 is 11.6 Å². The van der Waals surface area contributed by atoms with Crippen molar-refractivity contribution in [3.05, 3.63) is 46.7 Å². The minimum atomic E-state index is -0.905. The lowest BCUT2D eigenvalue weighted by Gasteiger charge is -2.39. The highest BCUT2D eigenvalue weighted by molar-refractivity contribution is 6.36. The second-order valence-corrected chi connectivity index (χ2v) is 14.1. The van der Waals surface area contributed by atoms with Crippen molar-refractivity contribution in [2.24, 2.45) is 11.3 Å². The molecular weight excluding hydrogens is 589 g/mol. The summed E-state index contributed by atoms with van der Waals surface area (Å²) < 4.78 is 53.7. The van der Waals surface area contributed by atoms with Gasteiger partial charge in [-0.15, -0.1) is 0 Å². The fraction of sp³-hybridized carbons (Fsp3) is 0.515. The van der Waals surface area contributed by atoms with Gasteiger partial charge in [-0.2, -0.15) is 9.97 Å². The van der Waals surface area contributed by atoms with E-state index >= 15 is 8.78 Å². The normalized spacial score (nSPS) is 28.4. The first-order valence-electron chi connectivity index (χ1n) is 15.5. The summed E-state index contributed by atoms with van der Waals surface area (Å²) in [6.45, 7) is 6.85. The number of benzene rings is 2. The van der Waals surface area contributed by atoms with Gasteiger partial charge in [-0.3, -0.25) is 4.90 Å². The number of halogens is 4. The molecule has 3 saturated heterocycles. The summed E-state index contributed by atoms with van der Waals surface area (Å²) in [6, 6.07) is 6.46. The van der Waals surface area contributed by atoms with Crippen molar-refractivity contribution in [2.75, 3.05) is 37.7 Å². The molecule has 5 heterocycles. The van der Waals surface area contributed by atoms with Gasteiger partial charge in [-0.05, 0) is 75.1 Å². The number of nitrogens with zero attached hydrogens (tertiary/aromatic N) is 6. The minimum absolute atomic E-state index is 0.0114. The maximum Gasteiger partial charge on any atom is 0.319 e. The molecule has 3 aliphatic heterocycles. The van der Waals surface area contributed by atoms with E-state index in [2.05, 4.69) is 31.7 Å². The van der Waals surface area contributed by atoms with Crippen molar-refractivity contribution in [1.82, 2.24) is 24.8 Å². The Morgan fingerprint density at radius 2 is 1.95 bits per heavy atom. The lowest BCUT2D eigenvalue weighted by atomic mass is 9.84. The first-order valence-corrected chi connectivity index (χ1v) is 15.9. The van der Waals surface area contributed by atoms with Crippen LogP contribution in [0.2, 0.25) is 5.02 Å². The van der Waals surface area contributed by atoms with E-state index in [4.69, 9.17) is 21.3 Å². The zero-order chi connectivity index (χ0) is 30.4. The fourth-order valence-corrected chi connectivity index (χ4v) is 8.78. The number of ether oxygens (including phenoxy) is 1. The maximum atomic E-state index is 16.8. The van der Waals surface area contributed by atoms with Crippen molar-refractivity contribution in [3.8, 4) is 17.3 Å². The summed E-state index contributed by atoms with van der Waals surface area (Å²) in [7, 11) is 0. The monoisotopic (exact) mass is 622 g/mol. The minimum Gasteiger partial charge on any atom is -0.461 e. The van der Waals surface area contributed by atoms with Gasteiger partial charge >= 0.3 is 6.01 Å². The van der Waals surface area contributed by atoms with Crippen molar-refractivity contribution in [3.63, 3.8) is 0 Å². The molecule has 1 unspecified atom stereocenters. The largest absolute Gasteiger partial charge is 0.461 e. The average Bonchev–Trinajstić information content (AvgIpc) is 3.59. The standard InChI is InChI=1S/C33H34ClF3N6O/c1-18-38-24-6-3-5-22(34)25(24)29(39-18)26-23(36)11-21-28(27(26)37)40-31(44-17-33-8-4-10-43(33)15-20(35)13-33)41-30(21)42-14-19-7-9-32(2,12-19)16-42/h3,5-6,11,19-20H,4,7-10,12-17H2,1-2H3/t19?,20-,32+,33+/m1/s1. The van der Waals surface area contributed by atoms with Crippen LogP contribution in [0, 0.1) is 29.9 Å². The van der Waals surface area contributed by atoms with Gasteiger partial charge in [-0.25, -0.2) is 23.1 Å². The topological polar surface area (TPSA) is 67.3 Å². The highest BCUT2D eigenvalue weighted by Gasteiger charge is 2.49. The van der Waals surface area contributed by atoms with E-state index in [1.165, 1.54) is 6.07 Å². The quantitative estimate of drug-likeness (QED) is 0.236. The smallest absolute Gasteiger partial charge is 0.319 e. The summed E-state index contributed by atoms with van der Waals surface area (Å²) in [5, 5.41) is 0.946. The van der Waals surface area contributed by atoms with E-state index in [-0.39, 0.29) is 40.2 Å². The number of fused-ring (bicyclic) bond motifs is 5. The van der Waals surface area contributed by atoms with E-state index < -0.39 is 23.3 Å². The molecule has 0 N–H and O–H groups in total. The molecule has 4 aromatic rings. The van der Waals surface area contributed by atoms with Crippen LogP contribution in [0.25, 0.3) is 33.1 Å². The zero-order valence-electron chi connectivity index (χ0n) is 24.8. The average molecular weight is 623 g/mol. The summed E-state index contributed by atoms with van der Waals surface area (Å²) in [6.07, 6.45) is 4.64. The Balaban J connectivity index is 1.29. The van der Waals surface area contributed by atoms with Crippen LogP contribution in [-0.4, -0.2) is 69.3 Å². The summed E-state index contributed by atoms with van der Waals surface area (Å²) >= 11 is 6.54. The molecule has 2 aromatic heterocycles. The number of piperidine rings is 1. The molecule has 0 radical (unpaired) electrons. The Kier molecular flexibility index (Phi) is 6.51. The number of aromatic nitrogens is 4. The van der Waals surface area contributed by atoms with Crippen LogP contribution in [0.15, 0.2) is 24.3 Å². The summed E-state index contributed by atoms with van der Waals surface area (Å²) in [4.78, 5) is 22.6. The lowest BCUT2D eigenvalue weighted by Crippen LogP contribution is -2.44. The first kappa shape index (κ1) is 28.2. The molecule has 2 aromatic carbocycles. The molecule has 7 nitrogen and oxygen atoms in total. The van der Waals surface area contributed by atoms with Gasteiger partial charge in [0.05, 0.1) is 27.3 Å². The molecule has 4 atom stereocenters.